The minimum absolute atomic E-state index is 0.242. The molecule has 0 aliphatic carbocycles. The molecule has 3 aromatic heterocycles. The highest BCUT2D eigenvalue weighted by atomic mass is 32.2. The molecule has 3 aromatic rings. The van der Waals surface area contributed by atoms with Gasteiger partial charge in [-0.15, -0.1) is 34.4 Å². The Labute approximate surface area is 141 Å². The van der Waals surface area contributed by atoms with Gasteiger partial charge in [-0.1, -0.05) is 6.07 Å². The Hall–Kier alpha value is -1.24. The molecule has 0 unspecified atom stereocenters. The van der Waals surface area contributed by atoms with Crippen LogP contribution in [0.1, 0.15) is 33.0 Å². The fourth-order valence-electron chi connectivity index (χ4n) is 2.22. The van der Waals surface area contributed by atoms with Crippen molar-refractivity contribution in [2.75, 3.05) is 5.75 Å². The lowest BCUT2D eigenvalue weighted by Gasteiger charge is -2.03. The Balaban J connectivity index is 1.61. The van der Waals surface area contributed by atoms with Crippen LogP contribution in [0.4, 0.5) is 0 Å². The summed E-state index contributed by atoms with van der Waals surface area (Å²) in [5.41, 5.74) is 1.28. The molecule has 22 heavy (non-hydrogen) atoms. The maximum absolute atomic E-state index is 12.0. The zero-order valence-corrected chi connectivity index (χ0v) is 14.9. The quantitative estimate of drug-likeness (QED) is 0.268. The molecule has 0 saturated carbocycles. The van der Waals surface area contributed by atoms with Crippen molar-refractivity contribution in [1.29, 1.82) is 0 Å². The normalized spacial score (nSPS) is 11.2. The van der Waals surface area contributed by atoms with Gasteiger partial charge in [-0.25, -0.2) is 9.97 Å². The third-order valence-corrected chi connectivity index (χ3v) is 6.62. The monoisotopic (exact) mass is 348 g/mol. The summed E-state index contributed by atoms with van der Waals surface area (Å²) in [5, 5.41) is 4.16. The van der Waals surface area contributed by atoms with Gasteiger partial charge in [0.15, 0.2) is 5.78 Å². The molecule has 0 aliphatic heterocycles. The van der Waals surface area contributed by atoms with E-state index >= 15 is 0 Å². The van der Waals surface area contributed by atoms with E-state index in [1.54, 1.807) is 29.4 Å². The van der Waals surface area contributed by atoms with Crippen LogP contribution in [0.25, 0.3) is 10.2 Å². The minimum atomic E-state index is 0.242. The van der Waals surface area contributed by atoms with Gasteiger partial charge in [-0.3, -0.25) is 4.79 Å². The van der Waals surface area contributed by atoms with E-state index in [-0.39, 0.29) is 5.78 Å². The lowest BCUT2D eigenvalue weighted by molar-refractivity contribution is 0.0986. The Morgan fingerprint density at radius 2 is 2.18 bits per heavy atom. The van der Waals surface area contributed by atoms with Crippen LogP contribution in [0.5, 0.6) is 0 Å². The van der Waals surface area contributed by atoms with Crippen LogP contribution in [-0.4, -0.2) is 21.5 Å². The van der Waals surface area contributed by atoms with Gasteiger partial charge in [0.1, 0.15) is 16.2 Å². The molecule has 0 N–H and O–H groups in total. The first kappa shape index (κ1) is 15.6. The van der Waals surface area contributed by atoms with E-state index in [1.807, 2.05) is 17.5 Å². The van der Waals surface area contributed by atoms with E-state index in [1.165, 1.54) is 27.2 Å². The maximum Gasteiger partial charge on any atom is 0.172 e. The van der Waals surface area contributed by atoms with Crippen molar-refractivity contribution in [3.8, 4) is 0 Å². The van der Waals surface area contributed by atoms with Crippen molar-refractivity contribution < 1.29 is 4.79 Å². The molecule has 0 atom stereocenters. The van der Waals surface area contributed by atoms with Crippen LogP contribution < -0.4 is 0 Å². The van der Waals surface area contributed by atoms with Gasteiger partial charge in [0.2, 0.25) is 0 Å². The van der Waals surface area contributed by atoms with E-state index in [2.05, 4.69) is 23.8 Å². The Kier molecular flexibility index (Phi) is 4.90. The summed E-state index contributed by atoms with van der Waals surface area (Å²) in [6.45, 7) is 4.25. The Morgan fingerprint density at radius 1 is 1.32 bits per heavy atom. The lowest BCUT2D eigenvalue weighted by Crippen LogP contribution is -1.97. The van der Waals surface area contributed by atoms with Gasteiger partial charge < -0.3 is 0 Å². The summed E-state index contributed by atoms with van der Waals surface area (Å²) in [7, 11) is 0. The molecule has 114 valence electrons. The second-order valence-electron chi connectivity index (χ2n) is 4.99. The molecule has 3 nitrogen and oxygen atoms in total. The third-order valence-electron chi connectivity index (χ3n) is 3.51. The maximum atomic E-state index is 12.0. The van der Waals surface area contributed by atoms with Gasteiger partial charge >= 0.3 is 0 Å². The van der Waals surface area contributed by atoms with E-state index < -0.39 is 0 Å². The molecule has 3 rings (SSSR count). The summed E-state index contributed by atoms with van der Waals surface area (Å²) in [4.78, 5) is 24.0. The van der Waals surface area contributed by atoms with E-state index in [4.69, 9.17) is 0 Å². The number of aryl methyl sites for hydroxylation is 2. The number of carbonyl (C=O) groups is 1. The predicted molar refractivity (Wildman–Crippen MR) is 95.5 cm³/mol. The fourth-order valence-corrected chi connectivity index (χ4v) is 4.98. The van der Waals surface area contributed by atoms with Crippen molar-refractivity contribution in [2.24, 2.45) is 0 Å². The second kappa shape index (κ2) is 6.89. The number of ketones is 1. The first-order valence-electron chi connectivity index (χ1n) is 7.07. The van der Waals surface area contributed by atoms with Gasteiger partial charge in [0.05, 0.1) is 4.88 Å². The number of hydrogen-bond donors (Lipinski definition) is 0. The van der Waals surface area contributed by atoms with Crippen LogP contribution >= 0.6 is 34.4 Å². The largest absolute Gasteiger partial charge is 0.293 e. The first-order valence-corrected chi connectivity index (χ1v) is 9.75. The molecule has 0 spiro atoms. The number of rotatable bonds is 6. The van der Waals surface area contributed by atoms with Crippen molar-refractivity contribution >= 4 is 50.4 Å². The number of fused-ring (bicyclic) bond motifs is 1. The van der Waals surface area contributed by atoms with Crippen LogP contribution in [0.3, 0.4) is 0 Å². The molecule has 6 heteroatoms. The summed E-state index contributed by atoms with van der Waals surface area (Å²) >= 11 is 4.96. The summed E-state index contributed by atoms with van der Waals surface area (Å²) in [5.74, 6) is 1.14. The number of nitrogens with zero attached hydrogens (tertiary/aromatic N) is 2. The highest BCUT2D eigenvalue weighted by Crippen LogP contribution is 2.34. The Bertz CT molecular complexity index is 793. The van der Waals surface area contributed by atoms with Crippen molar-refractivity contribution in [3.05, 3.63) is 39.2 Å². The van der Waals surface area contributed by atoms with Gasteiger partial charge in [0.25, 0.3) is 0 Å². The number of carbonyl (C=O) groups excluding carboxylic acids is 1. The molecule has 0 amide bonds. The summed E-state index contributed by atoms with van der Waals surface area (Å²) in [6.07, 6.45) is 3.11. The van der Waals surface area contributed by atoms with Crippen molar-refractivity contribution in [2.45, 2.75) is 31.7 Å². The fraction of sp³-hybridized carbons (Fsp3) is 0.312. The average Bonchev–Trinajstić information content (AvgIpc) is 3.13. The summed E-state index contributed by atoms with van der Waals surface area (Å²) < 4.78 is 0. The van der Waals surface area contributed by atoms with Gasteiger partial charge in [-0.2, -0.15) is 0 Å². The van der Waals surface area contributed by atoms with E-state index in [9.17, 15) is 4.79 Å². The Morgan fingerprint density at radius 3 is 2.95 bits per heavy atom. The van der Waals surface area contributed by atoms with Crippen LogP contribution in [0.2, 0.25) is 0 Å². The zero-order chi connectivity index (χ0) is 15.5. The molecule has 3 heterocycles. The van der Waals surface area contributed by atoms with E-state index in [0.717, 1.165) is 26.9 Å². The van der Waals surface area contributed by atoms with E-state index in [0.29, 0.717) is 6.42 Å². The first-order chi connectivity index (χ1) is 10.7. The third kappa shape index (κ3) is 3.24. The highest BCUT2D eigenvalue weighted by molar-refractivity contribution is 7.99. The molecule has 0 fully saturated rings. The average molecular weight is 349 g/mol. The predicted octanol–water partition coefficient (Wildman–Crippen LogP) is 5.12. The zero-order valence-electron chi connectivity index (χ0n) is 12.5. The SMILES string of the molecule is Cc1sc2ncnc(SCCCC(=O)c3cccs3)c2c1C. The smallest absolute Gasteiger partial charge is 0.172 e. The molecule has 0 radical (unpaired) electrons. The summed E-state index contributed by atoms with van der Waals surface area (Å²) in [6, 6.07) is 3.82. The van der Waals surface area contributed by atoms with Crippen LogP contribution in [-0.2, 0) is 0 Å². The minimum Gasteiger partial charge on any atom is -0.293 e. The number of thiophene rings is 2. The molecule has 0 bridgehead atoms. The number of hydrogen-bond acceptors (Lipinski definition) is 6. The topological polar surface area (TPSA) is 42.9 Å². The van der Waals surface area contributed by atoms with Crippen molar-refractivity contribution in [1.82, 2.24) is 9.97 Å². The second-order valence-corrected chi connectivity index (χ2v) is 8.23. The number of thioether (sulfide) groups is 1. The standard InChI is InChI=1S/C16H16N2OS3/c1-10-11(2)22-16-14(10)15(17-9-18-16)21-8-3-5-12(19)13-6-4-7-20-13/h4,6-7,9H,3,5,8H2,1-2H3. The number of Topliss-reactive ketones (excluding diaryl/α,β-unsaturated/α-hetero) is 1. The van der Waals surface area contributed by atoms with Gasteiger partial charge in [0, 0.05) is 16.7 Å². The molecule has 0 aromatic carbocycles. The molecular formula is C16H16N2OS3. The molecule has 0 saturated heterocycles. The van der Waals surface area contributed by atoms with Gasteiger partial charge in [-0.05, 0) is 43.0 Å². The molecule has 0 aliphatic rings. The van der Waals surface area contributed by atoms with Crippen LogP contribution in [0, 0.1) is 13.8 Å². The van der Waals surface area contributed by atoms with Crippen molar-refractivity contribution in [3.63, 3.8) is 0 Å². The highest BCUT2D eigenvalue weighted by Gasteiger charge is 2.12. The number of aromatic nitrogens is 2. The molecular weight excluding hydrogens is 332 g/mol. The lowest BCUT2D eigenvalue weighted by atomic mass is 10.2. The van der Waals surface area contributed by atoms with Crippen LogP contribution in [0.15, 0.2) is 28.9 Å².